The fraction of sp³-hybridized carbons (Fsp3) is 0.158. The second-order valence-electron chi connectivity index (χ2n) is 5.24. The predicted octanol–water partition coefficient (Wildman–Crippen LogP) is 3.06. The number of carbonyl (C=O) groups is 2. The number of aliphatic hydroxyl groups excluding tert-OH is 1. The van der Waals surface area contributed by atoms with Crippen LogP contribution >= 0.6 is 11.6 Å². The van der Waals surface area contributed by atoms with E-state index in [4.69, 9.17) is 11.6 Å². The van der Waals surface area contributed by atoms with Crippen molar-refractivity contribution in [2.45, 2.75) is 6.10 Å². The van der Waals surface area contributed by atoms with Gasteiger partial charge < -0.3 is 19.9 Å². The summed E-state index contributed by atoms with van der Waals surface area (Å²) in [4.78, 5) is 23.4. The number of hydrogen-bond acceptors (Lipinski definition) is 6. The Kier molecular flexibility index (Phi) is 6.77. The van der Waals surface area contributed by atoms with Gasteiger partial charge in [0.15, 0.2) is 0 Å². The van der Waals surface area contributed by atoms with Crippen LogP contribution in [0.3, 0.4) is 0 Å². The van der Waals surface area contributed by atoms with Crippen molar-refractivity contribution in [3.8, 4) is 0 Å². The van der Waals surface area contributed by atoms with E-state index in [-0.39, 0.29) is 5.70 Å². The average molecular weight is 376 g/mol. The maximum Gasteiger partial charge on any atom is 0.354 e. The van der Waals surface area contributed by atoms with Crippen LogP contribution in [0.2, 0.25) is 5.02 Å². The van der Waals surface area contributed by atoms with Gasteiger partial charge in [0.05, 0.1) is 20.3 Å². The molecule has 26 heavy (non-hydrogen) atoms. The molecule has 136 valence electrons. The monoisotopic (exact) mass is 375 g/mol. The topological polar surface area (TPSA) is 84.9 Å². The first kappa shape index (κ1) is 19.5. The van der Waals surface area contributed by atoms with Gasteiger partial charge in [-0.05, 0) is 23.8 Å². The van der Waals surface area contributed by atoms with Gasteiger partial charge in [-0.15, -0.1) is 0 Å². The Bertz CT molecular complexity index is 820. The van der Waals surface area contributed by atoms with Gasteiger partial charge in [0.2, 0.25) is 0 Å². The molecule has 2 aromatic rings. The van der Waals surface area contributed by atoms with Gasteiger partial charge >= 0.3 is 11.9 Å². The number of carbonyl (C=O) groups excluding carboxylic acids is 2. The molecule has 0 aromatic heterocycles. The molecule has 1 unspecified atom stereocenters. The number of anilines is 1. The third-order valence-electron chi connectivity index (χ3n) is 3.56. The quantitative estimate of drug-likeness (QED) is 0.596. The fourth-order valence-corrected chi connectivity index (χ4v) is 2.45. The highest BCUT2D eigenvalue weighted by atomic mass is 35.5. The Hall–Kier alpha value is -2.83. The highest BCUT2D eigenvalue weighted by Crippen LogP contribution is 2.31. The van der Waals surface area contributed by atoms with E-state index in [1.54, 1.807) is 42.5 Å². The number of nitrogens with one attached hydrogen (secondary N) is 1. The molecule has 0 radical (unpaired) electrons. The Morgan fingerprint density at radius 2 is 1.81 bits per heavy atom. The van der Waals surface area contributed by atoms with Gasteiger partial charge in [0.25, 0.3) is 0 Å². The summed E-state index contributed by atoms with van der Waals surface area (Å²) >= 11 is 6.06. The number of halogens is 1. The minimum atomic E-state index is -0.991. The van der Waals surface area contributed by atoms with E-state index in [9.17, 15) is 14.7 Å². The molecular weight excluding hydrogens is 358 g/mol. The van der Waals surface area contributed by atoms with E-state index in [1.807, 2.05) is 6.07 Å². The second kappa shape index (κ2) is 9.03. The maximum atomic E-state index is 11.9. The molecule has 0 aliphatic rings. The molecular formula is C19H18ClNO5. The van der Waals surface area contributed by atoms with Crippen LogP contribution in [-0.2, 0) is 19.1 Å². The molecule has 0 aliphatic carbocycles. The summed E-state index contributed by atoms with van der Waals surface area (Å²) < 4.78 is 9.22. The predicted molar refractivity (Wildman–Crippen MR) is 97.7 cm³/mol. The SMILES string of the molecule is COC(=O)/C=C(/Nc1ccc(Cl)cc1C(O)c1ccccc1)C(=O)OC. The summed E-state index contributed by atoms with van der Waals surface area (Å²) in [6.45, 7) is 0. The Balaban J connectivity index is 2.44. The average Bonchev–Trinajstić information content (AvgIpc) is 2.67. The normalized spacial score (nSPS) is 12.2. The number of ether oxygens (including phenoxy) is 2. The zero-order valence-corrected chi connectivity index (χ0v) is 15.0. The highest BCUT2D eigenvalue weighted by Gasteiger charge is 2.19. The van der Waals surface area contributed by atoms with Gasteiger partial charge in [-0.1, -0.05) is 41.9 Å². The summed E-state index contributed by atoms with van der Waals surface area (Å²) in [6, 6.07) is 13.7. The number of rotatable bonds is 6. The van der Waals surface area contributed by atoms with Crippen molar-refractivity contribution in [2.24, 2.45) is 0 Å². The number of esters is 2. The van der Waals surface area contributed by atoms with Crippen LogP contribution in [0.5, 0.6) is 0 Å². The van der Waals surface area contributed by atoms with E-state index in [2.05, 4.69) is 14.8 Å². The third-order valence-corrected chi connectivity index (χ3v) is 3.80. The van der Waals surface area contributed by atoms with Crippen LogP contribution < -0.4 is 5.32 Å². The smallest absolute Gasteiger partial charge is 0.354 e. The molecule has 0 bridgehead atoms. The molecule has 2 N–H and O–H groups in total. The van der Waals surface area contributed by atoms with E-state index in [0.29, 0.717) is 21.8 Å². The zero-order chi connectivity index (χ0) is 19.1. The van der Waals surface area contributed by atoms with Crippen LogP contribution in [0.1, 0.15) is 17.2 Å². The first-order valence-electron chi connectivity index (χ1n) is 7.63. The minimum Gasteiger partial charge on any atom is -0.466 e. The van der Waals surface area contributed by atoms with Crippen LogP contribution in [-0.4, -0.2) is 31.3 Å². The zero-order valence-electron chi connectivity index (χ0n) is 14.2. The van der Waals surface area contributed by atoms with Gasteiger partial charge in [-0.3, -0.25) is 0 Å². The van der Waals surface area contributed by atoms with E-state index < -0.39 is 18.0 Å². The van der Waals surface area contributed by atoms with Gasteiger partial charge in [0, 0.05) is 16.3 Å². The largest absolute Gasteiger partial charge is 0.466 e. The molecule has 0 heterocycles. The lowest BCUT2D eigenvalue weighted by molar-refractivity contribution is -0.138. The van der Waals surface area contributed by atoms with Gasteiger partial charge in [0.1, 0.15) is 11.8 Å². The van der Waals surface area contributed by atoms with Crippen LogP contribution in [0.4, 0.5) is 5.69 Å². The summed E-state index contributed by atoms with van der Waals surface area (Å²) in [5, 5.41) is 13.9. The van der Waals surface area contributed by atoms with E-state index in [1.165, 1.54) is 14.2 Å². The van der Waals surface area contributed by atoms with Crippen molar-refractivity contribution in [1.82, 2.24) is 0 Å². The molecule has 0 spiro atoms. The summed E-state index contributed by atoms with van der Waals surface area (Å²) in [5.74, 6) is -1.48. The number of benzene rings is 2. The van der Waals surface area contributed by atoms with Crippen molar-refractivity contribution in [1.29, 1.82) is 0 Å². The standard InChI is InChI=1S/C19H18ClNO5/c1-25-17(22)11-16(19(24)26-2)21-15-9-8-13(20)10-14(15)18(23)12-6-4-3-5-7-12/h3-11,18,21,23H,1-2H3/b16-11+. The van der Waals surface area contributed by atoms with E-state index >= 15 is 0 Å². The van der Waals surface area contributed by atoms with Crippen molar-refractivity contribution in [3.63, 3.8) is 0 Å². The third kappa shape index (κ3) is 4.84. The summed E-state index contributed by atoms with van der Waals surface area (Å²) in [6.07, 6.45) is -0.0199. The molecule has 1 atom stereocenters. The Morgan fingerprint density at radius 1 is 1.12 bits per heavy atom. The molecule has 7 heteroatoms. The molecule has 0 aliphatic heterocycles. The van der Waals surface area contributed by atoms with Crippen LogP contribution in [0.15, 0.2) is 60.3 Å². The van der Waals surface area contributed by atoms with Gasteiger partial charge in [-0.25, -0.2) is 9.59 Å². The van der Waals surface area contributed by atoms with E-state index in [0.717, 1.165) is 6.08 Å². The van der Waals surface area contributed by atoms with Gasteiger partial charge in [-0.2, -0.15) is 0 Å². The highest BCUT2D eigenvalue weighted by molar-refractivity contribution is 6.30. The molecule has 6 nitrogen and oxygen atoms in total. The second-order valence-corrected chi connectivity index (χ2v) is 5.68. The molecule has 0 amide bonds. The molecule has 2 rings (SSSR count). The van der Waals surface area contributed by atoms with Crippen molar-refractivity contribution >= 4 is 29.2 Å². The van der Waals surface area contributed by atoms with Crippen LogP contribution in [0.25, 0.3) is 0 Å². The van der Waals surface area contributed by atoms with Crippen molar-refractivity contribution in [2.75, 3.05) is 19.5 Å². The van der Waals surface area contributed by atoms with Crippen molar-refractivity contribution in [3.05, 3.63) is 76.5 Å². The lowest BCUT2D eigenvalue weighted by Crippen LogP contribution is -2.17. The lowest BCUT2D eigenvalue weighted by Gasteiger charge is -2.18. The van der Waals surface area contributed by atoms with Crippen molar-refractivity contribution < 1.29 is 24.2 Å². The molecule has 2 aromatic carbocycles. The summed E-state index contributed by atoms with van der Waals surface area (Å²) in [7, 11) is 2.39. The number of methoxy groups -OCH3 is 2. The fourth-order valence-electron chi connectivity index (χ4n) is 2.27. The molecule has 0 saturated heterocycles. The maximum absolute atomic E-state index is 11.9. The minimum absolute atomic E-state index is 0.136. The first-order valence-corrected chi connectivity index (χ1v) is 8.01. The molecule has 0 saturated carbocycles. The number of hydrogen-bond donors (Lipinski definition) is 2. The Labute approximate surface area is 156 Å². The lowest BCUT2D eigenvalue weighted by atomic mass is 9.99. The summed E-state index contributed by atoms with van der Waals surface area (Å²) in [5.41, 5.74) is 1.34. The first-order chi connectivity index (χ1) is 12.5. The Morgan fingerprint density at radius 3 is 2.42 bits per heavy atom. The molecule has 0 fully saturated rings. The number of aliphatic hydroxyl groups is 1. The van der Waals surface area contributed by atoms with Crippen LogP contribution in [0, 0.1) is 0 Å².